The van der Waals surface area contributed by atoms with Crippen molar-refractivity contribution in [1.29, 1.82) is 0 Å². The molecule has 0 bridgehead atoms. The van der Waals surface area contributed by atoms with Gasteiger partial charge in [-0.1, -0.05) is 11.6 Å². The van der Waals surface area contributed by atoms with Gasteiger partial charge in [0.15, 0.2) is 0 Å². The molecule has 5 nitrogen and oxygen atoms in total. The molecule has 1 atom stereocenters. The molecule has 0 fully saturated rings. The zero-order valence-corrected chi connectivity index (χ0v) is 11.3. The fourth-order valence-electron chi connectivity index (χ4n) is 1.37. The predicted molar refractivity (Wildman–Crippen MR) is 71.8 cm³/mol. The quantitative estimate of drug-likeness (QED) is 0.812. The van der Waals surface area contributed by atoms with Crippen molar-refractivity contribution < 1.29 is 9.90 Å². The molecule has 6 heteroatoms. The maximum atomic E-state index is 11.6. The van der Waals surface area contributed by atoms with Crippen LogP contribution in [0.1, 0.15) is 13.3 Å². The highest BCUT2D eigenvalue weighted by Crippen LogP contribution is 2.12. The summed E-state index contributed by atoms with van der Waals surface area (Å²) in [6.07, 6.45) is 1.69. The van der Waals surface area contributed by atoms with Crippen molar-refractivity contribution in [2.45, 2.75) is 19.4 Å². The molecule has 100 valence electrons. The van der Waals surface area contributed by atoms with Crippen LogP contribution < -0.4 is 10.2 Å². The number of anilines is 1. The Balaban J connectivity index is 2.37. The van der Waals surface area contributed by atoms with Gasteiger partial charge in [-0.25, -0.2) is 4.98 Å². The summed E-state index contributed by atoms with van der Waals surface area (Å²) in [5.41, 5.74) is 0. The molecule has 0 saturated carbocycles. The summed E-state index contributed by atoms with van der Waals surface area (Å²) in [4.78, 5) is 17.4. The number of nitrogens with zero attached hydrogens (tertiary/aromatic N) is 2. The second kappa shape index (κ2) is 7.18. The van der Waals surface area contributed by atoms with E-state index in [4.69, 9.17) is 16.7 Å². The maximum Gasteiger partial charge on any atom is 0.239 e. The molecule has 18 heavy (non-hydrogen) atoms. The van der Waals surface area contributed by atoms with Crippen molar-refractivity contribution in [3.8, 4) is 0 Å². The van der Waals surface area contributed by atoms with Gasteiger partial charge in [-0.3, -0.25) is 4.79 Å². The van der Waals surface area contributed by atoms with Crippen LogP contribution in [0.25, 0.3) is 0 Å². The van der Waals surface area contributed by atoms with Crippen molar-refractivity contribution in [2.24, 2.45) is 0 Å². The van der Waals surface area contributed by atoms with Crippen LogP contribution in [0.3, 0.4) is 0 Å². The maximum absolute atomic E-state index is 11.6. The summed E-state index contributed by atoms with van der Waals surface area (Å²) in [6, 6.07) is 3.48. The highest BCUT2D eigenvalue weighted by Gasteiger charge is 2.08. The minimum Gasteiger partial charge on any atom is -0.393 e. The van der Waals surface area contributed by atoms with E-state index in [1.165, 1.54) is 0 Å². The minimum atomic E-state index is -0.402. The van der Waals surface area contributed by atoms with Crippen LogP contribution in [0.15, 0.2) is 18.3 Å². The third-order valence-corrected chi connectivity index (χ3v) is 2.59. The van der Waals surface area contributed by atoms with Gasteiger partial charge in [-0.05, 0) is 25.5 Å². The standard InChI is InChI=1S/C12H18ClN3O2/c1-9(17)5-6-14-12(18)8-16(2)11-4-3-10(13)7-15-11/h3-4,7,9,17H,5-6,8H2,1-2H3,(H,14,18). The van der Waals surface area contributed by atoms with Crippen molar-refractivity contribution in [3.63, 3.8) is 0 Å². The number of halogens is 1. The number of carbonyl (C=O) groups excluding carboxylic acids is 1. The lowest BCUT2D eigenvalue weighted by Crippen LogP contribution is -2.36. The number of pyridine rings is 1. The van der Waals surface area contributed by atoms with Gasteiger partial charge in [0.05, 0.1) is 17.7 Å². The summed E-state index contributed by atoms with van der Waals surface area (Å²) in [5.74, 6) is 0.583. The Morgan fingerprint density at radius 1 is 1.61 bits per heavy atom. The van der Waals surface area contributed by atoms with Crippen molar-refractivity contribution in [3.05, 3.63) is 23.4 Å². The van der Waals surface area contributed by atoms with Gasteiger partial charge in [0.2, 0.25) is 5.91 Å². The molecular weight excluding hydrogens is 254 g/mol. The first-order valence-corrected chi connectivity index (χ1v) is 6.14. The molecule has 0 radical (unpaired) electrons. The zero-order chi connectivity index (χ0) is 13.5. The summed E-state index contributed by atoms with van der Waals surface area (Å²) >= 11 is 5.74. The Labute approximate surface area is 112 Å². The number of nitrogens with one attached hydrogen (secondary N) is 1. The number of carbonyl (C=O) groups is 1. The summed E-state index contributed by atoms with van der Waals surface area (Å²) in [5, 5.41) is 12.4. The number of aliphatic hydroxyl groups is 1. The molecule has 0 aliphatic heterocycles. The molecule has 0 aliphatic carbocycles. The van der Waals surface area contributed by atoms with Crippen LogP contribution in [0, 0.1) is 0 Å². The molecule has 1 amide bonds. The smallest absolute Gasteiger partial charge is 0.239 e. The van der Waals surface area contributed by atoms with Crippen molar-refractivity contribution in [2.75, 3.05) is 25.0 Å². The average molecular weight is 272 g/mol. The molecule has 0 spiro atoms. The van der Waals surface area contributed by atoms with E-state index in [1.807, 2.05) is 0 Å². The average Bonchev–Trinajstić information content (AvgIpc) is 2.29. The van der Waals surface area contributed by atoms with E-state index in [0.717, 1.165) is 0 Å². The molecule has 1 aromatic heterocycles. The number of amides is 1. The Hall–Kier alpha value is -1.33. The lowest BCUT2D eigenvalue weighted by Gasteiger charge is -2.17. The first-order chi connectivity index (χ1) is 8.49. The van der Waals surface area contributed by atoms with Crippen LogP contribution in [-0.2, 0) is 4.79 Å². The summed E-state index contributed by atoms with van der Waals surface area (Å²) < 4.78 is 0. The normalized spacial score (nSPS) is 12.0. The first-order valence-electron chi connectivity index (χ1n) is 5.76. The number of hydrogen-bond acceptors (Lipinski definition) is 4. The number of likely N-dealkylation sites (N-methyl/N-ethyl adjacent to an activating group) is 1. The fraction of sp³-hybridized carbons (Fsp3) is 0.500. The van der Waals surface area contributed by atoms with Crippen LogP contribution in [0.2, 0.25) is 5.02 Å². The topological polar surface area (TPSA) is 65.5 Å². The fourth-order valence-corrected chi connectivity index (χ4v) is 1.48. The van der Waals surface area contributed by atoms with E-state index >= 15 is 0 Å². The molecule has 1 aromatic rings. The van der Waals surface area contributed by atoms with Crippen LogP contribution in [-0.4, -0.2) is 42.2 Å². The van der Waals surface area contributed by atoms with Crippen molar-refractivity contribution >= 4 is 23.3 Å². The Kier molecular flexibility index (Phi) is 5.88. The van der Waals surface area contributed by atoms with E-state index in [2.05, 4.69) is 10.3 Å². The SMILES string of the molecule is CC(O)CCNC(=O)CN(C)c1ccc(Cl)cn1. The molecule has 0 aromatic carbocycles. The lowest BCUT2D eigenvalue weighted by atomic mass is 10.3. The highest BCUT2D eigenvalue weighted by atomic mass is 35.5. The first kappa shape index (κ1) is 14.7. The Bertz CT molecular complexity index is 381. The van der Waals surface area contributed by atoms with Crippen molar-refractivity contribution in [1.82, 2.24) is 10.3 Å². The zero-order valence-electron chi connectivity index (χ0n) is 10.6. The minimum absolute atomic E-state index is 0.102. The van der Waals surface area contributed by atoms with E-state index in [1.54, 1.807) is 37.2 Å². The van der Waals surface area contributed by atoms with Gasteiger partial charge in [0.1, 0.15) is 5.82 Å². The molecule has 1 heterocycles. The second-order valence-corrected chi connectivity index (χ2v) is 4.61. The number of aromatic nitrogens is 1. The Morgan fingerprint density at radius 2 is 2.33 bits per heavy atom. The molecule has 1 rings (SSSR count). The lowest BCUT2D eigenvalue weighted by molar-refractivity contribution is -0.119. The number of aliphatic hydroxyl groups excluding tert-OH is 1. The van der Waals surface area contributed by atoms with Gasteiger partial charge in [0.25, 0.3) is 0 Å². The van der Waals surface area contributed by atoms with Gasteiger partial charge in [0, 0.05) is 19.8 Å². The van der Waals surface area contributed by atoms with Crippen LogP contribution in [0.4, 0.5) is 5.82 Å². The molecule has 0 aliphatic rings. The largest absolute Gasteiger partial charge is 0.393 e. The van der Waals surface area contributed by atoms with E-state index in [9.17, 15) is 4.79 Å². The highest BCUT2D eigenvalue weighted by molar-refractivity contribution is 6.30. The van der Waals surface area contributed by atoms with Crippen LogP contribution in [0.5, 0.6) is 0 Å². The second-order valence-electron chi connectivity index (χ2n) is 4.18. The third-order valence-electron chi connectivity index (χ3n) is 2.37. The number of hydrogen-bond donors (Lipinski definition) is 2. The van der Waals surface area contributed by atoms with E-state index in [-0.39, 0.29) is 12.5 Å². The Morgan fingerprint density at radius 3 is 2.89 bits per heavy atom. The third kappa shape index (κ3) is 5.33. The summed E-state index contributed by atoms with van der Waals surface area (Å²) in [7, 11) is 1.78. The molecule has 1 unspecified atom stereocenters. The van der Waals surface area contributed by atoms with Gasteiger partial charge >= 0.3 is 0 Å². The number of rotatable bonds is 6. The van der Waals surface area contributed by atoms with Gasteiger partial charge in [-0.2, -0.15) is 0 Å². The molecular formula is C12H18ClN3O2. The summed E-state index contributed by atoms with van der Waals surface area (Å²) in [6.45, 7) is 2.38. The van der Waals surface area contributed by atoms with Crippen LogP contribution >= 0.6 is 11.6 Å². The van der Waals surface area contributed by atoms with Gasteiger partial charge in [-0.15, -0.1) is 0 Å². The monoisotopic (exact) mass is 271 g/mol. The van der Waals surface area contributed by atoms with E-state index in [0.29, 0.717) is 23.8 Å². The van der Waals surface area contributed by atoms with Gasteiger partial charge < -0.3 is 15.3 Å². The molecule has 2 N–H and O–H groups in total. The predicted octanol–water partition coefficient (Wildman–Crippen LogP) is 1.06. The molecule has 0 saturated heterocycles. The van der Waals surface area contributed by atoms with E-state index < -0.39 is 6.10 Å².